The van der Waals surface area contributed by atoms with Crippen LogP contribution in [0.15, 0.2) is 6.33 Å². The number of rotatable bonds is 6. The van der Waals surface area contributed by atoms with Crippen LogP contribution in [0.1, 0.15) is 38.8 Å². The lowest BCUT2D eigenvalue weighted by atomic mass is 10.1. The number of piperidine rings is 1. The van der Waals surface area contributed by atoms with Crippen LogP contribution in [0.5, 0.6) is 0 Å². The molecule has 0 saturated carbocycles. The second kappa shape index (κ2) is 7.53. The summed E-state index contributed by atoms with van der Waals surface area (Å²) in [6.45, 7) is 8.31. The van der Waals surface area contributed by atoms with Crippen LogP contribution in [0.4, 0.5) is 10.2 Å². The molecular formula is C15H25FN4. The molecule has 1 unspecified atom stereocenters. The first kappa shape index (κ1) is 15.2. The molecule has 20 heavy (non-hydrogen) atoms. The van der Waals surface area contributed by atoms with E-state index in [1.54, 1.807) is 0 Å². The van der Waals surface area contributed by atoms with E-state index in [2.05, 4.69) is 27.1 Å². The van der Waals surface area contributed by atoms with E-state index in [4.69, 9.17) is 0 Å². The average molecular weight is 280 g/mol. The zero-order valence-corrected chi connectivity index (χ0v) is 12.5. The molecule has 1 N–H and O–H groups in total. The monoisotopic (exact) mass is 280 g/mol. The molecule has 1 atom stereocenters. The van der Waals surface area contributed by atoms with Crippen LogP contribution in [0.2, 0.25) is 0 Å². The predicted molar refractivity (Wildman–Crippen MR) is 79.3 cm³/mol. The van der Waals surface area contributed by atoms with Gasteiger partial charge in [-0.05, 0) is 38.3 Å². The molecular weight excluding hydrogens is 255 g/mol. The summed E-state index contributed by atoms with van der Waals surface area (Å²) >= 11 is 0. The van der Waals surface area contributed by atoms with E-state index in [0.29, 0.717) is 23.9 Å². The molecule has 1 aromatic rings. The van der Waals surface area contributed by atoms with Gasteiger partial charge in [-0.3, -0.25) is 0 Å². The summed E-state index contributed by atoms with van der Waals surface area (Å²) in [5, 5.41) is 3.12. The van der Waals surface area contributed by atoms with Crippen LogP contribution in [-0.4, -0.2) is 41.0 Å². The van der Waals surface area contributed by atoms with E-state index in [1.807, 2.05) is 6.92 Å². The van der Waals surface area contributed by atoms with Gasteiger partial charge in [-0.1, -0.05) is 20.3 Å². The maximum Gasteiger partial charge on any atom is 0.186 e. The van der Waals surface area contributed by atoms with Gasteiger partial charge in [-0.15, -0.1) is 0 Å². The first-order chi connectivity index (χ1) is 9.70. The Morgan fingerprint density at radius 3 is 2.75 bits per heavy atom. The Bertz CT molecular complexity index is 418. The second-order valence-corrected chi connectivity index (χ2v) is 5.68. The Balaban J connectivity index is 1.82. The minimum atomic E-state index is -0.305. The predicted octanol–water partition coefficient (Wildman–Crippen LogP) is 2.71. The van der Waals surface area contributed by atoms with Crippen molar-refractivity contribution in [3.8, 4) is 0 Å². The zero-order chi connectivity index (χ0) is 14.4. The van der Waals surface area contributed by atoms with Crippen molar-refractivity contribution in [3.63, 3.8) is 0 Å². The normalized spacial score (nSPS) is 17.9. The third-order valence-electron chi connectivity index (χ3n) is 3.83. The van der Waals surface area contributed by atoms with E-state index < -0.39 is 0 Å². The standard InChI is InChI=1S/C15H25FN4/c1-3-13-14(16)15(19-11-18-13)17-9-12(2)10-20-7-5-4-6-8-20/h11-12H,3-10H2,1-2H3,(H,17,18,19). The fourth-order valence-electron chi connectivity index (χ4n) is 2.69. The van der Waals surface area contributed by atoms with Crippen molar-refractivity contribution in [2.45, 2.75) is 39.5 Å². The van der Waals surface area contributed by atoms with E-state index >= 15 is 0 Å². The third kappa shape index (κ3) is 4.13. The molecule has 112 valence electrons. The topological polar surface area (TPSA) is 41.1 Å². The van der Waals surface area contributed by atoms with Crippen molar-refractivity contribution >= 4 is 5.82 Å². The van der Waals surface area contributed by atoms with Crippen molar-refractivity contribution in [2.24, 2.45) is 5.92 Å². The van der Waals surface area contributed by atoms with Gasteiger partial charge in [-0.25, -0.2) is 14.4 Å². The fraction of sp³-hybridized carbons (Fsp3) is 0.733. The van der Waals surface area contributed by atoms with Crippen LogP contribution >= 0.6 is 0 Å². The average Bonchev–Trinajstić information content (AvgIpc) is 2.47. The molecule has 0 spiro atoms. The van der Waals surface area contributed by atoms with E-state index in [0.717, 1.165) is 13.1 Å². The van der Waals surface area contributed by atoms with Crippen molar-refractivity contribution in [1.29, 1.82) is 0 Å². The molecule has 1 aliphatic rings. The minimum absolute atomic E-state index is 0.305. The molecule has 1 saturated heterocycles. The molecule has 1 aromatic heterocycles. The van der Waals surface area contributed by atoms with Crippen LogP contribution in [-0.2, 0) is 6.42 Å². The molecule has 5 heteroatoms. The highest BCUT2D eigenvalue weighted by Gasteiger charge is 2.15. The molecule has 0 radical (unpaired) electrons. The van der Waals surface area contributed by atoms with Crippen molar-refractivity contribution < 1.29 is 4.39 Å². The molecule has 4 nitrogen and oxygen atoms in total. The van der Waals surface area contributed by atoms with Gasteiger partial charge in [0.05, 0.1) is 5.69 Å². The number of hydrogen-bond donors (Lipinski definition) is 1. The maximum absolute atomic E-state index is 14.0. The van der Waals surface area contributed by atoms with E-state index in [1.165, 1.54) is 38.7 Å². The van der Waals surface area contributed by atoms with Crippen molar-refractivity contribution in [3.05, 3.63) is 17.8 Å². The van der Waals surface area contributed by atoms with Crippen LogP contribution in [0.25, 0.3) is 0 Å². The van der Waals surface area contributed by atoms with Gasteiger partial charge in [0.1, 0.15) is 6.33 Å². The molecule has 1 aliphatic heterocycles. The Morgan fingerprint density at radius 1 is 1.30 bits per heavy atom. The minimum Gasteiger partial charge on any atom is -0.367 e. The number of halogens is 1. The Morgan fingerprint density at radius 2 is 2.05 bits per heavy atom. The SMILES string of the molecule is CCc1ncnc(NCC(C)CN2CCCCC2)c1F. The molecule has 1 fully saturated rings. The summed E-state index contributed by atoms with van der Waals surface area (Å²) in [5.41, 5.74) is 0.478. The summed E-state index contributed by atoms with van der Waals surface area (Å²) in [7, 11) is 0. The van der Waals surface area contributed by atoms with E-state index in [-0.39, 0.29) is 5.82 Å². The van der Waals surface area contributed by atoms with Gasteiger partial charge in [0.25, 0.3) is 0 Å². The third-order valence-corrected chi connectivity index (χ3v) is 3.83. The highest BCUT2D eigenvalue weighted by atomic mass is 19.1. The molecule has 0 aliphatic carbocycles. The van der Waals surface area contributed by atoms with E-state index in [9.17, 15) is 4.39 Å². The Hall–Kier alpha value is -1.23. The fourth-order valence-corrected chi connectivity index (χ4v) is 2.69. The lowest BCUT2D eigenvalue weighted by Crippen LogP contribution is -2.35. The molecule has 0 amide bonds. The number of aryl methyl sites for hydroxylation is 1. The molecule has 2 heterocycles. The van der Waals surface area contributed by atoms with Crippen LogP contribution < -0.4 is 5.32 Å². The smallest absolute Gasteiger partial charge is 0.186 e. The highest BCUT2D eigenvalue weighted by Crippen LogP contribution is 2.15. The zero-order valence-electron chi connectivity index (χ0n) is 12.5. The summed E-state index contributed by atoms with van der Waals surface area (Å²) in [6.07, 6.45) is 5.99. The second-order valence-electron chi connectivity index (χ2n) is 5.68. The molecule has 0 aromatic carbocycles. The summed E-state index contributed by atoms with van der Waals surface area (Å²) in [6, 6.07) is 0. The number of likely N-dealkylation sites (tertiary alicyclic amines) is 1. The molecule has 0 bridgehead atoms. The first-order valence-corrected chi connectivity index (χ1v) is 7.66. The summed E-state index contributed by atoms with van der Waals surface area (Å²) < 4.78 is 14.0. The quantitative estimate of drug-likeness (QED) is 0.870. The number of hydrogen-bond acceptors (Lipinski definition) is 4. The lowest BCUT2D eigenvalue weighted by molar-refractivity contribution is 0.204. The van der Waals surface area contributed by atoms with Crippen LogP contribution in [0.3, 0.4) is 0 Å². The lowest BCUT2D eigenvalue weighted by Gasteiger charge is -2.29. The van der Waals surface area contributed by atoms with Gasteiger partial charge >= 0.3 is 0 Å². The number of aromatic nitrogens is 2. The largest absolute Gasteiger partial charge is 0.367 e. The summed E-state index contributed by atoms with van der Waals surface area (Å²) in [4.78, 5) is 10.4. The van der Waals surface area contributed by atoms with Gasteiger partial charge < -0.3 is 10.2 Å². The van der Waals surface area contributed by atoms with Gasteiger partial charge in [-0.2, -0.15) is 0 Å². The number of nitrogens with one attached hydrogen (secondary N) is 1. The van der Waals surface area contributed by atoms with Gasteiger partial charge in [0.15, 0.2) is 11.6 Å². The van der Waals surface area contributed by atoms with Crippen molar-refractivity contribution in [2.75, 3.05) is 31.5 Å². The highest BCUT2D eigenvalue weighted by molar-refractivity contribution is 5.37. The maximum atomic E-state index is 14.0. The van der Waals surface area contributed by atoms with Gasteiger partial charge in [0, 0.05) is 13.1 Å². The summed E-state index contributed by atoms with van der Waals surface area (Å²) in [5.74, 6) is 0.509. The van der Waals surface area contributed by atoms with Crippen molar-refractivity contribution in [1.82, 2.24) is 14.9 Å². The van der Waals surface area contributed by atoms with Gasteiger partial charge in [0.2, 0.25) is 0 Å². The molecule has 2 rings (SSSR count). The number of anilines is 1. The Kier molecular flexibility index (Phi) is 5.71. The Labute approximate surface area is 120 Å². The first-order valence-electron chi connectivity index (χ1n) is 7.66. The number of nitrogens with zero attached hydrogens (tertiary/aromatic N) is 3. The van der Waals surface area contributed by atoms with Crippen LogP contribution in [0, 0.1) is 11.7 Å².